The zero-order chi connectivity index (χ0) is 16.6. The van der Waals surface area contributed by atoms with E-state index in [1.165, 1.54) is 0 Å². The van der Waals surface area contributed by atoms with Gasteiger partial charge in [-0.1, -0.05) is 39.5 Å². The summed E-state index contributed by atoms with van der Waals surface area (Å²) in [6.45, 7) is 4.26. The predicted octanol–water partition coefficient (Wildman–Crippen LogP) is 2.55. The van der Waals surface area contributed by atoms with E-state index in [1.54, 1.807) is 0 Å². The lowest BCUT2D eigenvalue weighted by Gasteiger charge is -2.04. The number of ether oxygens (including phenoxy) is 3. The number of carbonyl (C=O) groups excluding carboxylic acids is 3. The summed E-state index contributed by atoms with van der Waals surface area (Å²) in [5, 5.41) is 0. The molecule has 22 heavy (non-hydrogen) atoms. The van der Waals surface area contributed by atoms with Gasteiger partial charge in [0.2, 0.25) is 0 Å². The lowest BCUT2D eigenvalue weighted by Crippen LogP contribution is -2.16. The van der Waals surface area contributed by atoms with Crippen LogP contribution in [0.25, 0.3) is 0 Å². The molecule has 0 saturated heterocycles. The molecule has 126 valence electrons. The Morgan fingerprint density at radius 1 is 0.727 bits per heavy atom. The highest BCUT2D eigenvalue weighted by Crippen LogP contribution is 1.99. The van der Waals surface area contributed by atoms with Crippen molar-refractivity contribution in [3.63, 3.8) is 0 Å². The first-order valence-electron chi connectivity index (χ1n) is 7.77. The predicted molar refractivity (Wildman–Crippen MR) is 81.1 cm³/mol. The van der Waals surface area contributed by atoms with Gasteiger partial charge in [0.25, 0.3) is 0 Å². The largest absolute Gasteiger partial charge is 0.463 e. The summed E-state index contributed by atoms with van der Waals surface area (Å²) in [6, 6.07) is 0. The zero-order valence-corrected chi connectivity index (χ0v) is 13.5. The molecule has 0 spiro atoms. The van der Waals surface area contributed by atoms with Crippen LogP contribution in [0.1, 0.15) is 52.4 Å². The third-order valence-corrected chi connectivity index (χ3v) is 2.69. The number of carbonyl (C=O) groups is 3. The Labute approximate surface area is 131 Å². The van der Waals surface area contributed by atoms with Crippen molar-refractivity contribution < 1.29 is 28.6 Å². The minimum Gasteiger partial charge on any atom is -0.463 e. The third kappa shape index (κ3) is 13.1. The first kappa shape index (κ1) is 20.1. The maximum atomic E-state index is 11.3. The standard InChI is InChI=1S/C16H26O6/c1-3-5-7-8-12-21-16(19)13-22-15(18)10-9-14(17)20-11-6-4-2/h9-10H,3-8,11-13H2,1-2H3/b10-9-. The first-order chi connectivity index (χ1) is 10.6. The van der Waals surface area contributed by atoms with Gasteiger partial charge in [0.05, 0.1) is 13.2 Å². The van der Waals surface area contributed by atoms with Crippen molar-refractivity contribution in [2.75, 3.05) is 19.8 Å². The van der Waals surface area contributed by atoms with Gasteiger partial charge in [0.15, 0.2) is 6.61 Å². The number of rotatable bonds is 12. The Hall–Kier alpha value is -1.85. The molecule has 0 aliphatic heterocycles. The van der Waals surface area contributed by atoms with Gasteiger partial charge in [-0.15, -0.1) is 0 Å². The topological polar surface area (TPSA) is 78.9 Å². The lowest BCUT2D eigenvalue weighted by molar-refractivity contribution is -0.156. The fourth-order valence-electron chi connectivity index (χ4n) is 1.44. The average Bonchev–Trinajstić information content (AvgIpc) is 2.51. The van der Waals surface area contributed by atoms with Gasteiger partial charge in [-0.25, -0.2) is 14.4 Å². The van der Waals surface area contributed by atoms with Crippen LogP contribution in [-0.2, 0) is 28.6 Å². The van der Waals surface area contributed by atoms with E-state index in [9.17, 15) is 14.4 Å². The van der Waals surface area contributed by atoms with Crippen LogP contribution < -0.4 is 0 Å². The number of hydrogen-bond acceptors (Lipinski definition) is 6. The van der Waals surface area contributed by atoms with E-state index in [-0.39, 0.29) is 0 Å². The second kappa shape index (κ2) is 14.1. The van der Waals surface area contributed by atoms with E-state index >= 15 is 0 Å². The Balaban J connectivity index is 3.70. The third-order valence-electron chi connectivity index (χ3n) is 2.69. The van der Waals surface area contributed by atoms with Crippen molar-refractivity contribution in [2.45, 2.75) is 52.4 Å². The van der Waals surface area contributed by atoms with E-state index in [1.807, 2.05) is 6.92 Å². The smallest absolute Gasteiger partial charge is 0.344 e. The Bertz CT molecular complexity index is 362. The highest BCUT2D eigenvalue weighted by molar-refractivity contribution is 5.92. The van der Waals surface area contributed by atoms with Crippen LogP contribution in [0, 0.1) is 0 Å². The molecule has 0 aromatic rings. The van der Waals surface area contributed by atoms with Crippen molar-refractivity contribution in [1.29, 1.82) is 0 Å². The molecule has 0 amide bonds. The van der Waals surface area contributed by atoms with Crippen molar-refractivity contribution in [2.24, 2.45) is 0 Å². The Morgan fingerprint density at radius 3 is 1.95 bits per heavy atom. The average molecular weight is 314 g/mol. The Kier molecular flexibility index (Phi) is 12.9. The number of unbranched alkanes of at least 4 members (excludes halogenated alkanes) is 4. The van der Waals surface area contributed by atoms with E-state index in [0.29, 0.717) is 13.2 Å². The summed E-state index contributed by atoms with van der Waals surface area (Å²) >= 11 is 0. The molecule has 0 N–H and O–H groups in total. The monoisotopic (exact) mass is 314 g/mol. The number of hydrogen-bond donors (Lipinski definition) is 0. The van der Waals surface area contributed by atoms with Crippen LogP contribution in [-0.4, -0.2) is 37.7 Å². The molecule has 0 atom stereocenters. The Morgan fingerprint density at radius 2 is 1.32 bits per heavy atom. The molecular weight excluding hydrogens is 288 g/mol. The molecule has 6 heteroatoms. The van der Waals surface area contributed by atoms with Gasteiger partial charge in [0, 0.05) is 12.2 Å². The van der Waals surface area contributed by atoms with E-state index in [2.05, 4.69) is 11.7 Å². The second-order valence-electron chi connectivity index (χ2n) is 4.74. The van der Waals surface area contributed by atoms with Crippen LogP contribution in [0.3, 0.4) is 0 Å². The van der Waals surface area contributed by atoms with Gasteiger partial charge in [-0.05, 0) is 12.8 Å². The molecule has 0 unspecified atom stereocenters. The molecule has 0 rings (SSSR count). The molecule has 0 aromatic heterocycles. The molecular formula is C16H26O6. The van der Waals surface area contributed by atoms with Gasteiger partial charge in [-0.3, -0.25) is 0 Å². The first-order valence-corrected chi connectivity index (χ1v) is 7.77. The van der Waals surface area contributed by atoms with Crippen LogP contribution >= 0.6 is 0 Å². The molecule has 0 aliphatic rings. The fourth-order valence-corrected chi connectivity index (χ4v) is 1.44. The molecule has 0 fully saturated rings. The van der Waals surface area contributed by atoms with Crippen LogP contribution in [0.2, 0.25) is 0 Å². The summed E-state index contributed by atoms with van der Waals surface area (Å²) in [5.41, 5.74) is 0. The van der Waals surface area contributed by atoms with Gasteiger partial charge >= 0.3 is 17.9 Å². The summed E-state index contributed by atoms with van der Waals surface area (Å²) in [7, 11) is 0. The second-order valence-corrected chi connectivity index (χ2v) is 4.74. The molecule has 6 nitrogen and oxygen atoms in total. The van der Waals surface area contributed by atoms with Crippen molar-refractivity contribution >= 4 is 17.9 Å². The minimum absolute atomic E-state index is 0.319. The maximum Gasteiger partial charge on any atom is 0.344 e. The van der Waals surface area contributed by atoms with E-state index in [4.69, 9.17) is 9.47 Å². The fraction of sp³-hybridized carbons (Fsp3) is 0.688. The maximum absolute atomic E-state index is 11.3. The summed E-state index contributed by atoms with van der Waals surface area (Å²) in [6.07, 6.45) is 7.62. The van der Waals surface area contributed by atoms with E-state index in [0.717, 1.165) is 50.7 Å². The molecule has 0 saturated carbocycles. The lowest BCUT2D eigenvalue weighted by atomic mass is 10.2. The minimum atomic E-state index is -0.782. The molecule has 0 radical (unpaired) electrons. The van der Waals surface area contributed by atoms with Crippen LogP contribution in [0.4, 0.5) is 0 Å². The quantitative estimate of drug-likeness (QED) is 0.238. The van der Waals surface area contributed by atoms with Crippen molar-refractivity contribution in [3.8, 4) is 0 Å². The molecule has 0 aliphatic carbocycles. The summed E-state index contributed by atoms with van der Waals surface area (Å²) in [5.74, 6) is -1.98. The SMILES string of the molecule is CCCCCCOC(=O)COC(=O)/C=C\C(=O)OCCCC. The zero-order valence-electron chi connectivity index (χ0n) is 13.5. The highest BCUT2D eigenvalue weighted by atomic mass is 16.6. The highest BCUT2D eigenvalue weighted by Gasteiger charge is 2.07. The van der Waals surface area contributed by atoms with Crippen LogP contribution in [0.5, 0.6) is 0 Å². The van der Waals surface area contributed by atoms with Gasteiger partial charge in [-0.2, -0.15) is 0 Å². The molecule has 0 aromatic carbocycles. The normalized spacial score (nSPS) is 10.5. The number of esters is 3. The van der Waals surface area contributed by atoms with E-state index < -0.39 is 24.5 Å². The molecule has 0 heterocycles. The van der Waals surface area contributed by atoms with Crippen molar-refractivity contribution in [3.05, 3.63) is 12.2 Å². The van der Waals surface area contributed by atoms with Gasteiger partial charge in [0.1, 0.15) is 0 Å². The van der Waals surface area contributed by atoms with Gasteiger partial charge < -0.3 is 14.2 Å². The summed E-state index contributed by atoms with van der Waals surface area (Å²) in [4.78, 5) is 33.7. The van der Waals surface area contributed by atoms with Crippen molar-refractivity contribution in [1.82, 2.24) is 0 Å². The molecule has 0 bridgehead atoms. The summed E-state index contributed by atoms with van der Waals surface area (Å²) < 4.78 is 14.4. The van der Waals surface area contributed by atoms with Crippen LogP contribution in [0.15, 0.2) is 12.2 Å².